The molecule has 0 saturated heterocycles. The molecule has 0 atom stereocenters. The topological polar surface area (TPSA) is 30.2 Å². The minimum Gasteiger partial charge on any atom is -0.304 e. The van der Waals surface area contributed by atoms with Crippen LogP contribution >= 0.6 is 0 Å². The molecule has 0 amide bonds. The van der Waals surface area contributed by atoms with Crippen molar-refractivity contribution in [2.24, 2.45) is 0 Å². The smallest absolute Gasteiger partial charge is 0.155 e. The Bertz CT molecular complexity index is 844. The van der Waals surface area contributed by atoms with Gasteiger partial charge in [-0.3, -0.25) is 4.98 Å². The van der Waals surface area contributed by atoms with Gasteiger partial charge in [0.05, 0.1) is 11.9 Å². The number of nitrogens with zero attached hydrogens (tertiary/aromatic N) is 3. The van der Waals surface area contributed by atoms with E-state index in [9.17, 15) is 0 Å². The number of hydrogen-bond acceptors (Lipinski definition) is 2. The van der Waals surface area contributed by atoms with Gasteiger partial charge in [-0.15, -0.1) is 0 Å². The van der Waals surface area contributed by atoms with E-state index in [1.165, 1.54) is 10.8 Å². The Balaban J connectivity index is 1.93. The number of fused-ring (bicyclic) bond motifs is 2. The van der Waals surface area contributed by atoms with Crippen LogP contribution in [-0.2, 0) is 0 Å². The van der Waals surface area contributed by atoms with Crippen molar-refractivity contribution in [3.8, 4) is 11.3 Å². The normalized spacial score (nSPS) is 11.2. The van der Waals surface area contributed by atoms with Crippen LogP contribution in [0.4, 0.5) is 0 Å². The molecule has 0 saturated carbocycles. The van der Waals surface area contributed by atoms with Crippen LogP contribution in [0.2, 0.25) is 0 Å². The van der Waals surface area contributed by atoms with Gasteiger partial charge < -0.3 is 4.40 Å². The van der Waals surface area contributed by atoms with Crippen LogP contribution in [0.25, 0.3) is 27.7 Å². The second-order valence-corrected chi connectivity index (χ2v) is 4.53. The molecule has 2 heterocycles. The summed E-state index contributed by atoms with van der Waals surface area (Å²) in [5.74, 6) is 0. The molecular weight excluding hydrogens is 234 g/mol. The van der Waals surface area contributed by atoms with E-state index in [4.69, 9.17) is 0 Å². The van der Waals surface area contributed by atoms with E-state index < -0.39 is 0 Å². The van der Waals surface area contributed by atoms with Crippen LogP contribution in [0.15, 0.2) is 67.3 Å². The molecule has 0 bridgehead atoms. The average Bonchev–Trinajstić information content (AvgIpc) is 2.90. The molecule has 90 valence electrons. The first-order valence-corrected chi connectivity index (χ1v) is 6.18. The number of benzene rings is 2. The molecule has 3 nitrogen and oxygen atoms in total. The molecule has 19 heavy (non-hydrogen) atoms. The summed E-state index contributed by atoms with van der Waals surface area (Å²) in [4.78, 5) is 8.68. The summed E-state index contributed by atoms with van der Waals surface area (Å²) in [7, 11) is 0. The Hall–Kier alpha value is -2.68. The zero-order valence-electron chi connectivity index (χ0n) is 10.2. The largest absolute Gasteiger partial charge is 0.304 e. The van der Waals surface area contributed by atoms with Gasteiger partial charge in [0.1, 0.15) is 0 Å². The fraction of sp³-hybridized carbons (Fsp3) is 0. The van der Waals surface area contributed by atoms with E-state index in [0.717, 1.165) is 16.9 Å². The van der Waals surface area contributed by atoms with Crippen LogP contribution in [0.3, 0.4) is 0 Å². The Labute approximate surface area is 110 Å². The van der Waals surface area contributed by atoms with Crippen LogP contribution < -0.4 is 0 Å². The average molecular weight is 245 g/mol. The maximum absolute atomic E-state index is 4.59. The first-order chi connectivity index (χ1) is 9.40. The maximum Gasteiger partial charge on any atom is 0.155 e. The maximum atomic E-state index is 4.59. The minimum absolute atomic E-state index is 0.866. The van der Waals surface area contributed by atoms with Gasteiger partial charge in [-0.05, 0) is 16.8 Å². The second-order valence-electron chi connectivity index (χ2n) is 4.53. The molecule has 0 aliphatic heterocycles. The van der Waals surface area contributed by atoms with E-state index in [1.54, 1.807) is 12.4 Å². The highest BCUT2D eigenvalue weighted by Crippen LogP contribution is 2.23. The molecule has 4 rings (SSSR count). The van der Waals surface area contributed by atoms with Crippen molar-refractivity contribution in [2.75, 3.05) is 0 Å². The molecule has 0 N–H and O–H groups in total. The van der Waals surface area contributed by atoms with Gasteiger partial charge in [0.15, 0.2) is 5.65 Å². The van der Waals surface area contributed by atoms with Crippen molar-refractivity contribution in [3.05, 3.63) is 67.3 Å². The summed E-state index contributed by atoms with van der Waals surface area (Å²) in [6.07, 6.45) is 7.47. The molecule has 0 aliphatic carbocycles. The fourth-order valence-corrected chi connectivity index (χ4v) is 2.33. The van der Waals surface area contributed by atoms with Gasteiger partial charge >= 0.3 is 0 Å². The van der Waals surface area contributed by atoms with Gasteiger partial charge in [-0.1, -0.05) is 36.4 Å². The third-order valence-electron chi connectivity index (χ3n) is 3.31. The summed E-state index contributed by atoms with van der Waals surface area (Å²) in [6.45, 7) is 0. The highest BCUT2D eigenvalue weighted by atomic mass is 15.0. The predicted octanol–water partition coefficient (Wildman–Crippen LogP) is 3.55. The second kappa shape index (κ2) is 3.92. The molecule has 3 heteroatoms. The van der Waals surface area contributed by atoms with Gasteiger partial charge in [0.2, 0.25) is 0 Å². The van der Waals surface area contributed by atoms with Gasteiger partial charge in [-0.2, -0.15) is 0 Å². The van der Waals surface area contributed by atoms with E-state index in [2.05, 4.69) is 52.4 Å². The lowest BCUT2D eigenvalue weighted by Gasteiger charge is -2.00. The summed E-state index contributed by atoms with van der Waals surface area (Å²) >= 11 is 0. The Morgan fingerprint density at radius 3 is 2.74 bits per heavy atom. The molecule has 0 aliphatic rings. The minimum atomic E-state index is 0.866. The van der Waals surface area contributed by atoms with Gasteiger partial charge in [0, 0.05) is 24.2 Å². The quantitative estimate of drug-likeness (QED) is 0.513. The Kier molecular flexibility index (Phi) is 2.12. The first kappa shape index (κ1) is 10.3. The lowest BCUT2D eigenvalue weighted by Crippen LogP contribution is -1.81. The highest BCUT2D eigenvalue weighted by molar-refractivity contribution is 5.86. The Morgan fingerprint density at radius 1 is 0.947 bits per heavy atom. The molecular formula is C16H11N3. The molecule has 0 spiro atoms. The zero-order valence-corrected chi connectivity index (χ0v) is 10.2. The lowest BCUT2D eigenvalue weighted by molar-refractivity contribution is 1.13. The number of imidazole rings is 1. The molecule has 0 radical (unpaired) electrons. The number of aromatic nitrogens is 3. The standard InChI is InChI=1S/C16H11N3/c1-2-4-13-9-14(6-5-12(13)3-1)15-11-19-8-7-17-10-16(19)18-15/h1-11H. The van der Waals surface area contributed by atoms with E-state index >= 15 is 0 Å². The van der Waals surface area contributed by atoms with Crippen molar-refractivity contribution in [3.63, 3.8) is 0 Å². The summed E-state index contributed by atoms with van der Waals surface area (Å²) in [5.41, 5.74) is 2.96. The van der Waals surface area contributed by atoms with Crippen LogP contribution in [-0.4, -0.2) is 14.4 Å². The summed E-state index contributed by atoms with van der Waals surface area (Å²) in [5, 5.41) is 2.48. The monoisotopic (exact) mass is 245 g/mol. The lowest BCUT2D eigenvalue weighted by atomic mass is 10.1. The Morgan fingerprint density at radius 2 is 1.84 bits per heavy atom. The fourth-order valence-electron chi connectivity index (χ4n) is 2.33. The number of hydrogen-bond donors (Lipinski definition) is 0. The van der Waals surface area contributed by atoms with E-state index in [-0.39, 0.29) is 0 Å². The van der Waals surface area contributed by atoms with Crippen molar-refractivity contribution in [1.29, 1.82) is 0 Å². The molecule has 0 fully saturated rings. The highest BCUT2D eigenvalue weighted by Gasteiger charge is 2.04. The van der Waals surface area contributed by atoms with Crippen LogP contribution in [0, 0.1) is 0 Å². The number of rotatable bonds is 1. The SMILES string of the molecule is c1ccc2cc(-c3cn4ccncc4n3)ccc2c1. The van der Waals surface area contributed by atoms with Gasteiger partial charge in [0.25, 0.3) is 0 Å². The molecule has 0 unspecified atom stereocenters. The zero-order chi connectivity index (χ0) is 12.7. The van der Waals surface area contributed by atoms with Crippen molar-refractivity contribution in [2.45, 2.75) is 0 Å². The van der Waals surface area contributed by atoms with Crippen LogP contribution in [0.1, 0.15) is 0 Å². The third-order valence-corrected chi connectivity index (χ3v) is 3.31. The predicted molar refractivity (Wildman–Crippen MR) is 75.9 cm³/mol. The van der Waals surface area contributed by atoms with Gasteiger partial charge in [-0.25, -0.2) is 4.98 Å². The van der Waals surface area contributed by atoms with Crippen LogP contribution in [0.5, 0.6) is 0 Å². The van der Waals surface area contributed by atoms with E-state index in [0.29, 0.717) is 0 Å². The molecule has 2 aromatic heterocycles. The van der Waals surface area contributed by atoms with E-state index in [1.807, 2.05) is 16.8 Å². The summed E-state index contributed by atoms with van der Waals surface area (Å²) < 4.78 is 1.98. The third kappa shape index (κ3) is 1.67. The van der Waals surface area contributed by atoms with Crippen molar-refractivity contribution in [1.82, 2.24) is 14.4 Å². The van der Waals surface area contributed by atoms with Crippen molar-refractivity contribution < 1.29 is 0 Å². The summed E-state index contributed by atoms with van der Waals surface area (Å²) in [6, 6.07) is 14.8. The molecule has 4 aromatic rings. The van der Waals surface area contributed by atoms with Crippen molar-refractivity contribution >= 4 is 16.4 Å². The molecule has 2 aromatic carbocycles. The first-order valence-electron chi connectivity index (χ1n) is 6.18.